The number of carboxylic acids is 1. The van der Waals surface area contributed by atoms with Gasteiger partial charge in [-0.15, -0.1) is 0 Å². The van der Waals surface area contributed by atoms with Crippen LogP contribution in [0.2, 0.25) is 0 Å². The van der Waals surface area contributed by atoms with Gasteiger partial charge in [0.25, 0.3) is 0 Å². The molecule has 2 aliphatic heterocycles. The first-order valence-electron chi connectivity index (χ1n) is 8.38. The van der Waals surface area contributed by atoms with Crippen LogP contribution in [0, 0.1) is 11.8 Å². The number of fused-ring (bicyclic) bond motifs is 1. The first-order chi connectivity index (χ1) is 10.1. The summed E-state index contributed by atoms with van der Waals surface area (Å²) in [4.78, 5) is 28.1. The highest BCUT2D eigenvalue weighted by atomic mass is 16.4. The number of carbonyl (C=O) groups is 2. The average molecular weight is 294 g/mol. The Balaban J connectivity index is 1.76. The predicted molar refractivity (Wildman–Crippen MR) is 79.0 cm³/mol. The molecule has 1 N–H and O–H groups in total. The molecule has 3 rings (SSSR count). The van der Waals surface area contributed by atoms with Crippen molar-refractivity contribution in [2.75, 3.05) is 13.1 Å². The van der Waals surface area contributed by atoms with Crippen LogP contribution in [0.1, 0.15) is 51.9 Å². The van der Waals surface area contributed by atoms with E-state index in [9.17, 15) is 14.7 Å². The molecule has 2 saturated heterocycles. The van der Waals surface area contributed by atoms with Gasteiger partial charge >= 0.3 is 12.0 Å². The Bertz CT molecular complexity index is 418. The topological polar surface area (TPSA) is 60.9 Å². The highest BCUT2D eigenvalue weighted by Gasteiger charge is 2.48. The van der Waals surface area contributed by atoms with E-state index in [1.54, 1.807) is 4.90 Å². The highest BCUT2D eigenvalue weighted by molar-refractivity contribution is 5.84. The minimum Gasteiger partial charge on any atom is -0.480 e. The third kappa shape index (κ3) is 2.74. The number of nitrogens with zero attached hydrogens (tertiary/aromatic N) is 2. The molecule has 0 radical (unpaired) electrons. The second-order valence-corrected chi connectivity index (χ2v) is 7.06. The lowest BCUT2D eigenvalue weighted by Gasteiger charge is -2.39. The number of piperidine rings is 1. The molecule has 5 heteroatoms. The first-order valence-corrected chi connectivity index (χ1v) is 8.38. The van der Waals surface area contributed by atoms with Crippen molar-refractivity contribution < 1.29 is 14.7 Å². The highest BCUT2D eigenvalue weighted by Crippen LogP contribution is 2.40. The third-order valence-electron chi connectivity index (χ3n) is 5.65. The summed E-state index contributed by atoms with van der Waals surface area (Å²) in [6.07, 6.45) is 7.07. The van der Waals surface area contributed by atoms with Crippen molar-refractivity contribution in [2.24, 2.45) is 11.8 Å². The molecule has 118 valence electrons. The summed E-state index contributed by atoms with van der Waals surface area (Å²) >= 11 is 0. The van der Waals surface area contributed by atoms with Crippen LogP contribution in [0.4, 0.5) is 4.79 Å². The minimum absolute atomic E-state index is 0.0244. The quantitative estimate of drug-likeness (QED) is 0.808. The lowest BCUT2D eigenvalue weighted by Crippen LogP contribution is -2.53. The Morgan fingerprint density at radius 3 is 2.38 bits per heavy atom. The second kappa shape index (κ2) is 5.85. The summed E-state index contributed by atoms with van der Waals surface area (Å²) in [7, 11) is 0. The summed E-state index contributed by atoms with van der Waals surface area (Å²) in [6, 6.07) is -0.472. The number of likely N-dealkylation sites (tertiary alicyclic amines) is 2. The van der Waals surface area contributed by atoms with E-state index in [4.69, 9.17) is 0 Å². The SMILES string of the molecule is CC1CCN(C(=O)N2C(C(=O)O)CC3CCCCC32)CC1. The van der Waals surface area contributed by atoms with Crippen LogP contribution >= 0.6 is 0 Å². The molecule has 21 heavy (non-hydrogen) atoms. The van der Waals surface area contributed by atoms with Gasteiger partial charge in [0.05, 0.1) is 0 Å². The fourth-order valence-electron chi connectivity index (χ4n) is 4.32. The number of amides is 2. The van der Waals surface area contributed by atoms with Crippen LogP contribution in [0.5, 0.6) is 0 Å². The summed E-state index contributed by atoms with van der Waals surface area (Å²) in [5, 5.41) is 9.51. The Morgan fingerprint density at radius 2 is 1.71 bits per heavy atom. The van der Waals surface area contributed by atoms with Crippen LogP contribution in [0.25, 0.3) is 0 Å². The van der Waals surface area contributed by atoms with Crippen molar-refractivity contribution in [2.45, 2.75) is 64.0 Å². The summed E-state index contributed by atoms with van der Waals surface area (Å²) in [6.45, 7) is 3.77. The van der Waals surface area contributed by atoms with Gasteiger partial charge in [-0.3, -0.25) is 0 Å². The van der Waals surface area contributed by atoms with E-state index in [0.717, 1.165) is 45.2 Å². The van der Waals surface area contributed by atoms with Gasteiger partial charge in [0.2, 0.25) is 0 Å². The zero-order valence-corrected chi connectivity index (χ0v) is 12.8. The van der Waals surface area contributed by atoms with Gasteiger partial charge in [0, 0.05) is 19.1 Å². The van der Waals surface area contributed by atoms with E-state index in [1.807, 2.05) is 4.90 Å². The van der Waals surface area contributed by atoms with E-state index in [-0.39, 0.29) is 12.1 Å². The van der Waals surface area contributed by atoms with E-state index in [1.165, 1.54) is 6.42 Å². The first kappa shape index (κ1) is 14.7. The Morgan fingerprint density at radius 1 is 1.05 bits per heavy atom. The van der Waals surface area contributed by atoms with E-state index in [0.29, 0.717) is 18.3 Å². The molecule has 2 heterocycles. The van der Waals surface area contributed by atoms with Crippen molar-refractivity contribution in [1.29, 1.82) is 0 Å². The fraction of sp³-hybridized carbons (Fsp3) is 0.875. The van der Waals surface area contributed by atoms with Gasteiger partial charge in [-0.1, -0.05) is 19.8 Å². The zero-order chi connectivity index (χ0) is 15.0. The number of carboxylic acid groups (broad SMARTS) is 1. The smallest absolute Gasteiger partial charge is 0.326 e. The standard InChI is InChI=1S/C16H26N2O3/c1-11-6-8-17(9-7-11)16(21)18-13-5-3-2-4-12(13)10-14(18)15(19)20/h11-14H,2-10H2,1H3,(H,19,20). The van der Waals surface area contributed by atoms with Crippen molar-refractivity contribution in [3.05, 3.63) is 0 Å². The number of carbonyl (C=O) groups excluding carboxylic acids is 1. The van der Waals surface area contributed by atoms with Gasteiger partial charge in [-0.25, -0.2) is 9.59 Å². The molecule has 0 aromatic rings. The summed E-state index contributed by atoms with van der Waals surface area (Å²) in [5.41, 5.74) is 0. The van der Waals surface area contributed by atoms with Gasteiger partial charge in [0.15, 0.2) is 0 Å². The third-order valence-corrected chi connectivity index (χ3v) is 5.65. The van der Waals surface area contributed by atoms with Crippen LogP contribution < -0.4 is 0 Å². The molecule has 3 atom stereocenters. The number of hydrogen-bond acceptors (Lipinski definition) is 2. The molecule has 0 spiro atoms. The molecule has 3 unspecified atom stereocenters. The molecule has 1 aliphatic carbocycles. The maximum atomic E-state index is 12.9. The predicted octanol–water partition coefficient (Wildman–Crippen LogP) is 2.56. The molecule has 0 bridgehead atoms. The molecular weight excluding hydrogens is 268 g/mol. The Kier molecular flexibility index (Phi) is 4.09. The van der Waals surface area contributed by atoms with Crippen molar-refractivity contribution >= 4 is 12.0 Å². The molecule has 0 aromatic carbocycles. The number of hydrogen-bond donors (Lipinski definition) is 1. The second-order valence-electron chi connectivity index (χ2n) is 7.06. The Hall–Kier alpha value is -1.26. The normalized spacial score (nSPS) is 33.9. The van der Waals surface area contributed by atoms with Gasteiger partial charge < -0.3 is 14.9 Å². The summed E-state index contributed by atoms with van der Waals surface area (Å²) in [5.74, 6) is 0.237. The van der Waals surface area contributed by atoms with E-state index in [2.05, 4.69) is 6.92 Å². The Labute approximate surface area is 126 Å². The fourth-order valence-corrected chi connectivity index (χ4v) is 4.32. The average Bonchev–Trinajstić information content (AvgIpc) is 2.87. The molecule has 5 nitrogen and oxygen atoms in total. The van der Waals surface area contributed by atoms with E-state index < -0.39 is 12.0 Å². The van der Waals surface area contributed by atoms with Crippen molar-refractivity contribution in [1.82, 2.24) is 9.80 Å². The van der Waals surface area contributed by atoms with Crippen molar-refractivity contribution in [3.8, 4) is 0 Å². The molecule has 0 aromatic heterocycles. The zero-order valence-electron chi connectivity index (χ0n) is 12.8. The van der Waals surface area contributed by atoms with Crippen LogP contribution in [0.3, 0.4) is 0 Å². The lowest BCUT2D eigenvalue weighted by atomic mass is 9.85. The molecule has 3 fully saturated rings. The van der Waals surface area contributed by atoms with Crippen molar-refractivity contribution in [3.63, 3.8) is 0 Å². The van der Waals surface area contributed by atoms with Gasteiger partial charge in [-0.2, -0.15) is 0 Å². The summed E-state index contributed by atoms with van der Waals surface area (Å²) < 4.78 is 0. The largest absolute Gasteiger partial charge is 0.480 e. The number of aliphatic carboxylic acids is 1. The molecule has 2 amide bonds. The number of rotatable bonds is 1. The minimum atomic E-state index is -0.830. The van der Waals surface area contributed by atoms with Gasteiger partial charge in [0.1, 0.15) is 6.04 Å². The maximum absolute atomic E-state index is 12.9. The van der Waals surface area contributed by atoms with Crippen LogP contribution in [-0.2, 0) is 4.79 Å². The van der Waals surface area contributed by atoms with E-state index >= 15 is 0 Å². The monoisotopic (exact) mass is 294 g/mol. The van der Waals surface area contributed by atoms with Crippen LogP contribution in [-0.4, -0.2) is 52.1 Å². The molecule has 1 saturated carbocycles. The number of urea groups is 1. The van der Waals surface area contributed by atoms with Gasteiger partial charge in [-0.05, 0) is 43.9 Å². The molecular formula is C16H26N2O3. The maximum Gasteiger partial charge on any atom is 0.326 e. The lowest BCUT2D eigenvalue weighted by molar-refractivity contribution is -0.141. The molecule has 3 aliphatic rings. The van der Waals surface area contributed by atoms with Crippen LogP contribution in [0.15, 0.2) is 0 Å².